The number of benzene rings is 1. The molecule has 29 heavy (non-hydrogen) atoms. The number of carbonyl (C=O) groups excluding carboxylic acids is 1. The summed E-state index contributed by atoms with van der Waals surface area (Å²) in [5.41, 5.74) is 5.48. The first-order valence-electron chi connectivity index (χ1n) is 9.35. The molecule has 154 valence electrons. The highest BCUT2D eigenvalue weighted by Gasteiger charge is 2.26. The van der Waals surface area contributed by atoms with Crippen LogP contribution < -0.4 is 10.2 Å². The van der Waals surface area contributed by atoms with Gasteiger partial charge in [0.15, 0.2) is 11.9 Å². The van der Waals surface area contributed by atoms with E-state index in [0.29, 0.717) is 37.5 Å². The molecule has 2 unspecified atom stereocenters. The van der Waals surface area contributed by atoms with Gasteiger partial charge in [-0.05, 0) is 24.6 Å². The van der Waals surface area contributed by atoms with Crippen LogP contribution in [0.2, 0.25) is 0 Å². The second-order valence-corrected chi connectivity index (χ2v) is 7.56. The Morgan fingerprint density at radius 1 is 1.34 bits per heavy atom. The number of fused-ring (bicyclic) bond motifs is 1. The molecule has 2 N–H and O–H groups in total. The van der Waals surface area contributed by atoms with Crippen molar-refractivity contribution in [3.8, 4) is 5.75 Å². The van der Waals surface area contributed by atoms with Gasteiger partial charge in [0.25, 0.3) is 0 Å². The molecule has 0 spiro atoms. The van der Waals surface area contributed by atoms with Crippen LogP contribution in [0.3, 0.4) is 0 Å². The summed E-state index contributed by atoms with van der Waals surface area (Å²) >= 11 is 3.33. The SMILES string of the molecule is CCOC(Cc1ccc(OCCN2C=C3C=CC(Br)C(=O)C3=CN2)cc1)C(=O)O. The summed E-state index contributed by atoms with van der Waals surface area (Å²) in [5.74, 6) is -0.224. The molecule has 1 aliphatic carbocycles. The predicted molar refractivity (Wildman–Crippen MR) is 112 cm³/mol. The molecule has 0 bridgehead atoms. The number of aliphatic carboxylic acids is 1. The molecule has 0 aromatic heterocycles. The highest BCUT2D eigenvalue weighted by molar-refractivity contribution is 9.10. The number of rotatable bonds is 9. The zero-order chi connectivity index (χ0) is 20.8. The molecule has 0 saturated carbocycles. The number of allylic oxidation sites excluding steroid dienone is 4. The van der Waals surface area contributed by atoms with Gasteiger partial charge in [-0.3, -0.25) is 9.80 Å². The minimum Gasteiger partial charge on any atom is -0.492 e. The maximum Gasteiger partial charge on any atom is 0.333 e. The first kappa shape index (κ1) is 21.1. The molecular formula is C21H23BrN2O5. The fourth-order valence-electron chi connectivity index (χ4n) is 3.02. The summed E-state index contributed by atoms with van der Waals surface area (Å²) in [6.07, 6.45) is 6.81. The van der Waals surface area contributed by atoms with Gasteiger partial charge in [-0.15, -0.1) is 0 Å². The molecule has 1 aliphatic heterocycles. The van der Waals surface area contributed by atoms with E-state index in [4.69, 9.17) is 14.6 Å². The third-order valence-corrected chi connectivity index (χ3v) is 5.25. The number of hydrogen-bond donors (Lipinski definition) is 2. The van der Waals surface area contributed by atoms with Crippen molar-refractivity contribution in [1.29, 1.82) is 0 Å². The number of halogens is 1. The number of hydrazine groups is 1. The topological polar surface area (TPSA) is 88.1 Å². The molecule has 2 atom stereocenters. The van der Waals surface area contributed by atoms with Crippen molar-refractivity contribution >= 4 is 27.7 Å². The van der Waals surface area contributed by atoms with Gasteiger partial charge in [-0.25, -0.2) is 4.79 Å². The Hall–Kier alpha value is -2.58. The minimum absolute atomic E-state index is 0.0386. The van der Waals surface area contributed by atoms with Crippen LogP contribution in [0.4, 0.5) is 0 Å². The van der Waals surface area contributed by atoms with Crippen LogP contribution in [0.5, 0.6) is 5.75 Å². The fraction of sp³-hybridized carbons (Fsp3) is 0.333. The zero-order valence-corrected chi connectivity index (χ0v) is 17.6. The maximum atomic E-state index is 12.1. The number of alkyl halides is 1. The third-order valence-electron chi connectivity index (χ3n) is 4.53. The molecule has 0 radical (unpaired) electrons. The summed E-state index contributed by atoms with van der Waals surface area (Å²) in [4.78, 5) is 23.0. The number of nitrogens with one attached hydrogen (secondary N) is 1. The highest BCUT2D eigenvalue weighted by atomic mass is 79.9. The number of nitrogens with zero attached hydrogens (tertiary/aromatic N) is 1. The number of carbonyl (C=O) groups is 2. The van der Waals surface area contributed by atoms with Crippen LogP contribution >= 0.6 is 15.9 Å². The Morgan fingerprint density at radius 3 is 2.79 bits per heavy atom. The van der Waals surface area contributed by atoms with Crippen LogP contribution in [-0.2, 0) is 20.7 Å². The lowest BCUT2D eigenvalue weighted by Gasteiger charge is -2.28. The molecule has 0 amide bonds. The van der Waals surface area contributed by atoms with E-state index in [0.717, 1.165) is 11.1 Å². The fourth-order valence-corrected chi connectivity index (χ4v) is 3.42. The quantitative estimate of drug-likeness (QED) is 0.545. The van der Waals surface area contributed by atoms with Crippen molar-refractivity contribution in [2.75, 3.05) is 19.8 Å². The van der Waals surface area contributed by atoms with Crippen LogP contribution in [0.1, 0.15) is 12.5 Å². The first-order chi connectivity index (χ1) is 14.0. The van der Waals surface area contributed by atoms with Crippen molar-refractivity contribution in [2.45, 2.75) is 24.3 Å². The molecule has 1 aromatic carbocycles. The van der Waals surface area contributed by atoms with E-state index in [-0.39, 0.29) is 10.6 Å². The smallest absolute Gasteiger partial charge is 0.333 e. The Labute approximate surface area is 177 Å². The second-order valence-electron chi connectivity index (χ2n) is 6.57. The highest BCUT2D eigenvalue weighted by Crippen LogP contribution is 2.26. The van der Waals surface area contributed by atoms with Crippen LogP contribution in [-0.4, -0.2) is 52.6 Å². The van der Waals surface area contributed by atoms with E-state index >= 15 is 0 Å². The van der Waals surface area contributed by atoms with Crippen molar-refractivity contribution < 1.29 is 24.2 Å². The number of ether oxygens (including phenoxy) is 2. The van der Waals surface area contributed by atoms with Gasteiger partial charge in [0.05, 0.1) is 11.4 Å². The summed E-state index contributed by atoms with van der Waals surface area (Å²) in [6, 6.07) is 7.32. The maximum absolute atomic E-state index is 12.1. The molecule has 0 saturated heterocycles. The zero-order valence-electron chi connectivity index (χ0n) is 16.0. The predicted octanol–water partition coefficient (Wildman–Crippen LogP) is 2.59. The molecule has 8 heteroatoms. The molecule has 2 aliphatic rings. The van der Waals surface area contributed by atoms with E-state index in [1.165, 1.54) is 0 Å². The average molecular weight is 463 g/mol. The standard InChI is InChI=1S/C21H23BrN2O5/c1-2-28-19(21(26)27)11-14-3-6-16(7-4-14)29-10-9-24-13-15-5-8-18(22)20(25)17(15)12-23-24/h3-8,12-13,18-19,23H,2,9-11H2,1H3,(H,26,27). The van der Waals surface area contributed by atoms with Gasteiger partial charge in [0.1, 0.15) is 12.4 Å². The summed E-state index contributed by atoms with van der Waals surface area (Å²) in [5, 5.41) is 11.0. The van der Waals surface area contributed by atoms with E-state index in [1.54, 1.807) is 13.1 Å². The lowest BCUT2D eigenvalue weighted by molar-refractivity contribution is -0.149. The van der Waals surface area contributed by atoms with Gasteiger partial charge in [-0.1, -0.05) is 40.2 Å². The van der Waals surface area contributed by atoms with Crippen molar-refractivity contribution in [3.63, 3.8) is 0 Å². The molecule has 0 fully saturated rings. The van der Waals surface area contributed by atoms with Crippen LogP contribution in [0.25, 0.3) is 0 Å². The van der Waals surface area contributed by atoms with E-state index in [2.05, 4.69) is 21.4 Å². The van der Waals surface area contributed by atoms with Crippen molar-refractivity contribution in [1.82, 2.24) is 10.4 Å². The largest absolute Gasteiger partial charge is 0.492 e. The molecule has 1 heterocycles. The van der Waals surface area contributed by atoms with E-state index in [9.17, 15) is 9.59 Å². The summed E-state index contributed by atoms with van der Waals surface area (Å²) < 4.78 is 11.0. The Kier molecular flexibility index (Phi) is 7.11. The van der Waals surface area contributed by atoms with Crippen molar-refractivity contribution in [3.05, 3.63) is 65.5 Å². The van der Waals surface area contributed by atoms with E-state index in [1.807, 2.05) is 47.6 Å². The Bertz CT molecular complexity index is 847. The van der Waals surface area contributed by atoms with Gasteiger partial charge >= 0.3 is 5.97 Å². The Morgan fingerprint density at radius 2 is 2.10 bits per heavy atom. The van der Waals surface area contributed by atoms with Gasteiger partial charge in [0.2, 0.25) is 0 Å². The van der Waals surface area contributed by atoms with Crippen LogP contribution in [0, 0.1) is 0 Å². The molecule has 7 nitrogen and oxygen atoms in total. The minimum atomic E-state index is -0.964. The van der Waals surface area contributed by atoms with Gasteiger partial charge in [-0.2, -0.15) is 0 Å². The van der Waals surface area contributed by atoms with Gasteiger partial charge < -0.3 is 20.0 Å². The van der Waals surface area contributed by atoms with E-state index < -0.39 is 12.1 Å². The Balaban J connectivity index is 1.48. The summed E-state index contributed by atoms with van der Waals surface area (Å²) in [7, 11) is 0. The van der Waals surface area contributed by atoms with Crippen LogP contribution in [0.15, 0.2) is 60.0 Å². The molecular weight excluding hydrogens is 440 g/mol. The first-order valence-corrected chi connectivity index (χ1v) is 10.3. The lowest BCUT2D eigenvalue weighted by atomic mass is 9.95. The number of carboxylic acid groups (broad SMARTS) is 1. The number of hydrogen-bond acceptors (Lipinski definition) is 6. The van der Waals surface area contributed by atoms with Gasteiger partial charge in [0, 0.05) is 36.6 Å². The molecule has 1 aromatic rings. The molecule has 3 rings (SSSR count). The lowest BCUT2D eigenvalue weighted by Crippen LogP contribution is -2.38. The number of ketones is 1. The number of carboxylic acids is 1. The second kappa shape index (κ2) is 9.76. The monoisotopic (exact) mass is 462 g/mol. The third kappa shape index (κ3) is 5.48. The number of Topliss-reactive ketones (excluding diaryl/α,β-unsaturated/α-hetero) is 1. The van der Waals surface area contributed by atoms with Crippen molar-refractivity contribution in [2.24, 2.45) is 0 Å². The summed E-state index contributed by atoms with van der Waals surface area (Å²) in [6.45, 7) is 3.16. The average Bonchev–Trinajstić information content (AvgIpc) is 2.71. The normalized spacial score (nSPS) is 19.0.